The van der Waals surface area contributed by atoms with Crippen LogP contribution < -0.4 is 4.74 Å². The van der Waals surface area contributed by atoms with Crippen LogP contribution in [0.15, 0.2) is 53.5 Å². The van der Waals surface area contributed by atoms with Gasteiger partial charge in [-0.25, -0.2) is 4.99 Å². The Morgan fingerprint density at radius 3 is 2.30 bits per heavy atom. The minimum absolute atomic E-state index is 0.808. The molecule has 3 heteroatoms. The number of hydrogen-bond donors (Lipinski definition) is 0. The van der Waals surface area contributed by atoms with Gasteiger partial charge in [0, 0.05) is 13.1 Å². The summed E-state index contributed by atoms with van der Waals surface area (Å²) in [5.74, 6) is 2.65. The van der Waals surface area contributed by atoms with Crippen molar-refractivity contribution in [2.24, 2.45) is 4.99 Å². The molecule has 0 unspecified atom stereocenters. The van der Waals surface area contributed by atoms with E-state index < -0.39 is 0 Å². The van der Waals surface area contributed by atoms with Gasteiger partial charge in [-0.2, -0.15) is 0 Å². The summed E-state index contributed by atoms with van der Waals surface area (Å²) in [6.07, 6.45) is 0. The van der Waals surface area contributed by atoms with Gasteiger partial charge in [0.05, 0.1) is 5.56 Å². The fraction of sp³-hybridized carbons (Fsp3) is 0.235. The maximum Gasteiger partial charge on any atom is 0.153 e. The van der Waals surface area contributed by atoms with Crippen LogP contribution in [0.5, 0.6) is 11.5 Å². The van der Waals surface area contributed by atoms with Gasteiger partial charge in [-0.1, -0.05) is 24.3 Å². The van der Waals surface area contributed by atoms with Crippen LogP contribution in [0.3, 0.4) is 0 Å². The third-order valence-electron chi connectivity index (χ3n) is 3.50. The molecule has 0 fully saturated rings. The molecule has 20 heavy (non-hydrogen) atoms. The molecule has 1 aliphatic rings. The van der Waals surface area contributed by atoms with Crippen molar-refractivity contribution >= 4 is 11.5 Å². The van der Waals surface area contributed by atoms with Crippen LogP contribution in [-0.2, 0) is 0 Å². The molecule has 2 aromatic carbocycles. The number of ether oxygens (including phenoxy) is 1. The Hall–Kier alpha value is -2.29. The number of hydrogen-bond acceptors (Lipinski definition) is 3. The lowest BCUT2D eigenvalue weighted by molar-refractivity contribution is 0.462. The first-order valence-electron chi connectivity index (χ1n) is 7.03. The molecule has 0 amide bonds. The van der Waals surface area contributed by atoms with E-state index in [-0.39, 0.29) is 0 Å². The van der Waals surface area contributed by atoms with Crippen molar-refractivity contribution in [1.29, 1.82) is 0 Å². The first-order chi connectivity index (χ1) is 9.83. The van der Waals surface area contributed by atoms with E-state index in [2.05, 4.69) is 24.8 Å². The normalized spacial score (nSPS) is 12.6. The van der Waals surface area contributed by atoms with E-state index in [0.29, 0.717) is 0 Å². The second kappa shape index (κ2) is 5.37. The Bertz CT molecular complexity index is 645. The van der Waals surface area contributed by atoms with Crippen molar-refractivity contribution in [2.75, 3.05) is 13.1 Å². The number of fused-ring (bicyclic) bond motifs is 2. The molecule has 0 bridgehead atoms. The summed E-state index contributed by atoms with van der Waals surface area (Å²) >= 11 is 0. The number of rotatable bonds is 2. The molecule has 1 aliphatic heterocycles. The SMILES string of the molecule is CCN(CC)C1=Nc2ccccc2Oc2ccccc21. The third-order valence-corrected chi connectivity index (χ3v) is 3.50. The summed E-state index contributed by atoms with van der Waals surface area (Å²) in [6.45, 7) is 6.14. The van der Waals surface area contributed by atoms with Crippen molar-refractivity contribution in [1.82, 2.24) is 4.90 Å². The predicted molar refractivity (Wildman–Crippen MR) is 82.1 cm³/mol. The highest BCUT2D eigenvalue weighted by atomic mass is 16.5. The number of amidine groups is 1. The standard InChI is InChI=1S/C17H18N2O/c1-3-19(4-2)17-13-9-5-7-11-15(13)20-16-12-8-6-10-14(16)18-17/h5-12H,3-4H2,1-2H3. The zero-order valence-corrected chi connectivity index (χ0v) is 11.8. The van der Waals surface area contributed by atoms with Gasteiger partial charge in [0.2, 0.25) is 0 Å². The Labute approximate surface area is 119 Å². The Morgan fingerprint density at radius 1 is 0.900 bits per heavy atom. The summed E-state index contributed by atoms with van der Waals surface area (Å²) in [7, 11) is 0. The lowest BCUT2D eigenvalue weighted by Crippen LogP contribution is -2.31. The van der Waals surface area contributed by atoms with Crippen molar-refractivity contribution in [2.45, 2.75) is 13.8 Å². The molecule has 0 N–H and O–H groups in total. The van der Waals surface area contributed by atoms with E-state index in [1.165, 1.54) is 0 Å². The van der Waals surface area contributed by atoms with Gasteiger partial charge in [0.25, 0.3) is 0 Å². The molecule has 0 aliphatic carbocycles. The van der Waals surface area contributed by atoms with Gasteiger partial charge < -0.3 is 9.64 Å². The molecule has 2 aromatic rings. The van der Waals surface area contributed by atoms with Crippen LogP contribution >= 0.6 is 0 Å². The summed E-state index contributed by atoms with van der Waals surface area (Å²) < 4.78 is 6.03. The average Bonchev–Trinajstić information content (AvgIpc) is 2.65. The van der Waals surface area contributed by atoms with Crippen LogP contribution in [0.1, 0.15) is 19.4 Å². The summed E-state index contributed by atoms with van der Waals surface area (Å²) in [4.78, 5) is 7.09. The molecular weight excluding hydrogens is 248 g/mol. The number of nitrogens with zero attached hydrogens (tertiary/aromatic N) is 2. The van der Waals surface area contributed by atoms with Crippen molar-refractivity contribution in [3.05, 3.63) is 54.1 Å². The Balaban J connectivity index is 2.21. The maximum absolute atomic E-state index is 6.03. The molecule has 102 valence electrons. The molecule has 3 rings (SSSR count). The minimum atomic E-state index is 0.808. The Kier molecular flexibility index (Phi) is 3.42. The van der Waals surface area contributed by atoms with Crippen molar-refractivity contribution in [3.8, 4) is 11.5 Å². The Morgan fingerprint density at radius 2 is 1.55 bits per heavy atom. The van der Waals surface area contributed by atoms with Gasteiger partial charge in [0.1, 0.15) is 17.3 Å². The van der Waals surface area contributed by atoms with E-state index in [4.69, 9.17) is 9.73 Å². The van der Waals surface area contributed by atoms with Crippen LogP contribution in [-0.4, -0.2) is 23.8 Å². The zero-order chi connectivity index (χ0) is 13.9. The minimum Gasteiger partial charge on any atom is -0.454 e. The molecule has 0 radical (unpaired) electrons. The summed E-state index contributed by atoms with van der Waals surface area (Å²) in [5, 5.41) is 0. The molecule has 1 heterocycles. The number of benzene rings is 2. The van der Waals surface area contributed by atoms with Gasteiger partial charge in [-0.05, 0) is 38.1 Å². The monoisotopic (exact) mass is 266 g/mol. The third kappa shape index (κ3) is 2.16. The first kappa shape index (κ1) is 12.7. The summed E-state index contributed by atoms with van der Waals surface area (Å²) in [6, 6.07) is 16.0. The first-order valence-corrected chi connectivity index (χ1v) is 7.03. The zero-order valence-electron chi connectivity index (χ0n) is 11.8. The van der Waals surface area contributed by atoms with Crippen molar-refractivity contribution in [3.63, 3.8) is 0 Å². The second-order valence-corrected chi connectivity index (χ2v) is 4.67. The number of aliphatic imine (C=N–C) groups is 1. The van der Waals surface area contributed by atoms with Gasteiger partial charge in [0.15, 0.2) is 5.75 Å². The quantitative estimate of drug-likeness (QED) is 0.813. The average molecular weight is 266 g/mol. The van der Waals surface area contributed by atoms with Gasteiger partial charge in [-0.3, -0.25) is 0 Å². The van der Waals surface area contributed by atoms with E-state index in [1.807, 2.05) is 42.5 Å². The lowest BCUT2D eigenvalue weighted by atomic mass is 10.1. The van der Waals surface area contributed by atoms with E-state index in [0.717, 1.165) is 41.7 Å². The summed E-state index contributed by atoms with van der Waals surface area (Å²) in [5.41, 5.74) is 1.93. The fourth-order valence-corrected chi connectivity index (χ4v) is 2.43. The smallest absolute Gasteiger partial charge is 0.153 e. The van der Waals surface area contributed by atoms with Gasteiger partial charge >= 0.3 is 0 Å². The van der Waals surface area contributed by atoms with Crippen LogP contribution in [0.25, 0.3) is 0 Å². The molecule has 0 atom stereocenters. The molecule has 3 nitrogen and oxygen atoms in total. The van der Waals surface area contributed by atoms with E-state index >= 15 is 0 Å². The lowest BCUT2D eigenvalue weighted by Gasteiger charge is -2.23. The van der Waals surface area contributed by atoms with E-state index in [1.54, 1.807) is 0 Å². The van der Waals surface area contributed by atoms with Gasteiger partial charge in [-0.15, -0.1) is 0 Å². The fourth-order valence-electron chi connectivity index (χ4n) is 2.43. The highest BCUT2D eigenvalue weighted by molar-refractivity contribution is 6.03. The topological polar surface area (TPSA) is 24.8 Å². The van der Waals surface area contributed by atoms with Crippen LogP contribution in [0.2, 0.25) is 0 Å². The second-order valence-electron chi connectivity index (χ2n) is 4.67. The predicted octanol–water partition coefficient (Wildman–Crippen LogP) is 4.21. The van der Waals surface area contributed by atoms with E-state index in [9.17, 15) is 0 Å². The van der Waals surface area contributed by atoms with Crippen LogP contribution in [0, 0.1) is 0 Å². The number of para-hydroxylation sites is 3. The maximum atomic E-state index is 6.03. The highest BCUT2D eigenvalue weighted by Gasteiger charge is 2.20. The highest BCUT2D eigenvalue weighted by Crippen LogP contribution is 2.37. The molecular formula is C17H18N2O. The largest absolute Gasteiger partial charge is 0.454 e. The van der Waals surface area contributed by atoms with Crippen molar-refractivity contribution < 1.29 is 4.74 Å². The molecule has 0 saturated carbocycles. The molecule has 0 saturated heterocycles. The molecule has 0 aromatic heterocycles. The van der Waals surface area contributed by atoms with Crippen LogP contribution in [0.4, 0.5) is 5.69 Å². The molecule has 0 spiro atoms.